The number of hydrogen-bond acceptors (Lipinski definition) is 4. The van der Waals surface area contributed by atoms with Crippen molar-refractivity contribution in [2.45, 2.75) is 47.0 Å². The summed E-state index contributed by atoms with van der Waals surface area (Å²) in [6.07, 6.45) is 0. The highest BCUT2D eigenvalue weighted by molar-refractivity contribution is 5.95. The molecule has 4 nitrogen and oxygen atoms in total. The molecule has 1 heterocycles. The first kappa shape index (κ1) is 11.9. The monoisotopic (exact) mass is 210 g/mol. The second-order valence-corrected chi connectivity index (χ2v) is 5.74. The zero-order valence-corrected chi connectivity index (χ0v) is 10.2. The molecule has 0 N–H and O–H groups in total. The molecule has 4 heteroatoms. The van der Waals surface area contributed by atoms with Crippen molar-refractivity contribution in [2.24, 2.45) is 5.41 Å². The Morgan fingerprint density at radius 2 is 1.60 bits per heavy atom. The minimum absolute atomic E-state index is 0.104. The molecule has 0 aromatic carbocycles. The minimum atomic E-state index is -0.484. The molecule has 1 aromatic heterocycles. The van der Waals surface area contributed by atoms with Crippen LogP contribution in [-0.4, -0.2) is 16.0 Å². The fourth-order valence-electron chi connectivity index (χ4n) is 0.939. The first-order chi connectivity index (χ1) is 6.62. The Morgan fingerprint density at radius 3 is 1.93 bits per heavy atom. The van der Waals surface area contributed by atoms with Gasteiger partial charge in [-0.3, -0.25) is 4.79 Å². The fraction of sp³-hybridized carbons (Fsp3) is 0.727. The van der Waals surface area contributed by atoms with Crippen LogP contribution >= 0.6 is 0 Å². The molecule has 0 unspecified atom stereocenters. The number of carbonyl (C=O) groups excluding carboxylic acids is 1. The minimum Gasteiger partial charge on any atom is -0.418 e. The molecule has 1 rings (SSSR count). The van der Waals surface area contributed by atoms with Crippen molar-refractivity contribution in [3.8, 4) is 0 Å². The Balaban J connectivity index is 3.01. The molecule has 15 heavy (non-hydrogen) atoms. The highest BCUT2D eigenvalue weighted by Crippen LogP contribution is 2.24. The lowest BCUT2D eigenvalue weighted by atomic mass is 9.91. The van der Waals surface area contributed by atoms with E-state index in [0.717, 1.165) is 0 Å². The van der Waals surface area contributed by atoms with Gasteiger partial charge in [0, 0.05) is 10.8 Å². The van der Waals surface area contributed by atoms with Crippen LogP contribution in [0, 0.1) is 5.41 Å². The lowest BCUT2D eigenvalue weighted by Crippen LogP contribution is -2.20. The summed E-state index contributed by atoms with van der Waals surface area (Å²) in [6, 6.07) is 0. The van der Waals surface area contributed by atoms with Gasteiger partial charge in [-0.1, -0.05) is 41.5 Å². The molecule has 1 aromatic rings. The molecular weight excluding hydrogens is 192 g/mol. The van der Waals surface area contributed by atoms with Gasteiger partial charge in [0.15, 0.2) is 0 Å². The van der Waals surface area contributed by atoms with E-state index in [2.05, 4.69) is 10.2 Å². The van der Waals surface area contributed by atoms with Gasteiger partial charge in [0.05, 0.1) is 0 Å². The molecule has 0 saturated heterocycles. The van der Waals surface area contributed by atoms with Crippen LogP contribution in [-0.2, 0) is 5.41 Å². The highest BCUT2D eigenvalue weighted by Gasteiger charge is 2.30. The number of rotatable bonds is 1. The normalized spacial score (nSPS) is 12.9. The second-order valence-electron chi connectivity index (χ2n) is 5.74. The maximum absolute atomic E-state index is 11.8. The molecule has 0 saturated carbocycles. The highest BCUT2D eigenvalue weighted by atomic mass is 16.4. The smallest absolute Gasteiger partial charge is 0.284 e. The Hall–Kier alpha value is -1.19. The quantitative estimate of drug-likeness (QED) is 0.668. The van der Waals surface area contributed by atoms with Crippen molar-refractivity contribution in [3.63, 3.8) is 0 Å². The van der Waals surface area contributed by atoms with Crippen LogP contribution in [0.3, 0.4) is 0 Å². The molecule has 0 aliphatic carbocycles. The summed E-state index contributed by atoms with van der Waals surface area (Å²) in [5, 5.41) is 7.67. The maximum atomic E-state index is 11.8. The SMILES string of the molecule is CC(C)(C)C(=O)c1nnc(C(C)(C)C)o1. The average molecular weight is 210 g/mol. The Bertz CT molecular complexity index is 367. The fourth-order valence-corrected chi connectivity index (χ4v) is 0.939. The van der Waals surface area contributed by atoms with Gasteiger partial charge in [0.25, 0.3) is 5.89 Å². The van der Waals surface area contributed by atoms with E-state index in [1.165, 1.54) is 0 Å². The molecule has 0 atom stereocenters. The zero-order chi connectivity index (χ0) is 11.9. The van der Waals surface area contributed by atoms with E-state index >= 15 is 0 Å². The van der Waals surface area contributed by atoms with Gasteiger partial charge < -0.3 is 4.42 Å². The van der Waals surface area contributed by atoms with Gasteiger partial charge in [0.2, 0.25) is 11.7 Å². The number of carbonyl (C=O) groups is 1. The van der Waals surface area contributed by atoms with E-state index in [9.17, 15) is 4.79 Å². The maximum Gasteiger partial charge on any atom is 0.284 e. The van der Waals surface area contributed by atoms with Gasteiger partial charge in [-0.05, 0) is 0 Å². The lowest BCUT2D eigenvalue weighted by Gasteiger charge is -2.13. The topological polar surface area (TPSA) is 56.0 Å². The first-order valence-electron chi connectivity index (χ1n) is 5.01. The van der Waals surface area contributed by atoms with Gasteiger partial charge in [-0.15, -0.1) is 10.2 Å². The van der Waals surface area contributed by atoms with E-state index < -0.39 is 5.41 Å². The third-order valence-electron chi connectivity index (χ3n) is 1.94. The average Bonchev–Trinajstić information content (AvgIpc) is 2.47. The molecule has 0 fully saturated rings. The summed E-state index contributed by atoms with van der Waals surface area (Å²) in [5.74, 6) is 0.480. The van der Waals surface area contributed by atoms with Crippen LogP contribution in [0.25, 0.3) is 0 Å². The molecular formula is C11H18N2O2. The number of nitrogens with zero attached hydrogens (tertiary/aromatic N) is 2. The summed E-state index contributed by atoms with van der Waals surface area (Å²) >= 11 is 0. The second kappa shape index (κ2) is 3.43. The van der Waals surface area contributed by atoms with E-state index in [1.807, 2.05) is 41.5 Å². The Labute approximate surface area is 90.1 Å². The van der Waals surface area contributed by atoms with E-state index in [-0.39, 0.29) is 17.1 Å². The van der Waals surface area contributed by atoms with Gasteiger partial charge in [0.1, 0.15) is 0 Å². The van der Waals surface area contributed by atoms with Crippen LogP contribution < -0.4 is 0 Å². The van der Waals surface area contributed by atoms with Crippen LogP contribution in [0.15, 0.2) is 4.42 Å². The summed E-state index contributed by atoms with van der Waals surface area (Å²) in [5.41, 5.74) is -0.703. The van der Waals surface area contributed by atoms with Crippen LogP contribution in [0.4, 0.5) is 0 Å². The van der Waals surface area contributed by atoms with Crippen molar-refractivity contribution >= 4 is 5.78 Å². The summed E-state index contributed by atoms with van der Waals surface area (Å²) in [4.78, 5) is 11.8. The predicted molar refractivity (Wildman–Crippen MR) is 56.8 cm³/mol. The predicted octanol–water partition coefficient (Wildman–Crippen LogP) is 2.60. The van der Waals surface area contributed by atoms with Crippen molar-refractivity contribution in [1.29, 1.82) is 0 Å². The molecule has 84 valence electrons. The summed E-state index contributed by atoms with van der Waals surface area (Å²) < 4.78 is 5.36. The lowest BCUT2D eigenvalue weighted by molar-refractivity contribution is 0.0817. The first-order valence-corrected chi connectivity index (χ1v) is 5.01. The molecule has 0 bridgehead atoms. The summed E-state index contributed by atoms with van der Waals surface area (Å²) in [7, 11) is 0. The largest absolute Gasteiger partial charge is 0.418 e. The standard InChI is InChI=1S/C11H18N2O2/c1-10(2,3)7(14)8-12-13-9(15-8)11(4,5)6/h1-6H3. The number of aromatic nitrogens is 2. The Morgan fingerprint density at radius 1 is 1.07 bits per heavy atom. The van der Waals surface area contributed by atoms with Crippen molar-refractivity contribution in [1.82, 2.24) is 10.2 Å². The number of Topliss-reactive ketones (excluding diaryl/α,β-unsaturated/α-hetero) is 1. The van der Waals surface area contributed by atoms with Crippen molar-refractivity contribution < 1.29 is 9.21 Å². The molecule has 0 amide bonds. The third kappa shape index (κ3) is 2.64. The van der Waals surface area contributed by atoms with Crippen molar-refractivity contribution in [3.05, 3.63) is 11.8 Å². The van der Waals surface area contributed by atoms with Crippen LogP contribution in [0.2, 0.25) is 0 Å². The third-order valence-corrected chi connectivity index (χ3v) is 1.94. The molecule has 0 spiro atoms. The van der Waals surface area contributed by atoms with Gasteiger partial charge >= 0.3 is 0 Å². The summed E-state index contributed by atoms with van der Waals surface area (Å²) in [6.45, 7) is 11.4. The van der Waals surface area contributed by atoms with Crippen LogP contribution in [0.5, 0.6) is 0 Å². The Kier molecular flexibility index (Phi) is 2.72. The van der Waals surface area contributed by atoms with Gasteiger partial charge in [-0.2, -0.15) is 0 Å². The molecule has 0 radical (unpaired) electrons. The van der Waals surface area contributed by atoms with E-state index in [0.29, 0.717) is 5.89 Å². The van der Waals surface area contributed by atoms with Crippen molar-refractivity contribution in [2.75, 3.05) is 0 Å². The van der Waals surface area contributed by atoms with E-state index in [1.54, 1.807) is 0 Å². The zero-order valence-electron chi connectivity index (χ0n) is 10.2. The number of hydrogen-bond donors (Lipinski definition) is 0. The van der Waals surface area contributed by atoms with E-state index in [4.69, 9.17) is 4.42 Å². The number of ketones is 1. The molecule has 0 aliphatic heterocycles. The van der Waals surface area contributed by atoms with Crippen LogP contribution in [0.1, 0.15) is 58.1 Å². The molecule has 0 aliphatic rings. The van der Waals surface area contributed by atoms with Gasteiger partial charge in [-0.25, -0.2) is 0 Å².